The van der Waals surface area contributed by atoms with Crippen LogP contribution < -0.4 is 16.0 Å². The minimum Gasteiger partial charge on any atom is -0.337 e. The molecule has 8 heteroatoms. The monoisotopic (exact) mass is 409 g/mol. The van der Waals surface area contributed by atoms with E-state index in [1.54, 1.807) is 22.4 Å². The molecule has 2 aliphatic heterocycles. The molecule has 3 aromatic rings. The van der Waals surface area contributed by atoms with Crippen LogP contribution in [0.4, 0.5) is 5.95 Å². The molecular weight excluding hydrogens is 386 g/mol. The van der Waals surface area contributed by atoms with Gasteiger partial charge in [-0.3, -0.25) is 14.2 Å². The summed E-state index contributed by atoms with van der Waals surface area (Å²) in [6.07, 6.45) is 2.86. The highest BCUT2D eigenvalue weighted by Crippen LogP contribution is 2.26. The van der Waals surface area contributed by atoms with Gasteiger partial charge in [-0.05, 0) is 36.3 Å². The Morgan fingerprint density at radius 2 is 2.10 bits per heavy atom. The number of hydrogen-bond donors (Lipinski definition) is 0. The van der Waals surface area contributed by atoms with Crippen LogP contribution in [0.15, 0.2) is 39.9 Å². The van der Waals surface area contributed by atoms with Crippen molar-refractivity contribution in [3.8, 4) is 0 Å². The number of anilines is 1. The fraction of sp³-hybridized carbons (Fsp3) is 0.429. The van der Waals surface area contributed by atoms with E-state index < -0.39 is 0 Å². The van der Waals surface area contributed by atoms with Gasteiger partial charge >= 0.3 is 0 Å². The zero-order valence-electron chi connectivity index (χ0n) is 16.4. The molecule has 0 bridgehead atoms. The van der Waals surface area contributed by atoms with E-state index in [1.807, 2.05) is 36.0 Å². The highest BCUT2D eigenvalue weighted by molar-refractivity contribution is 7.98. The maximum Gasteiger partial charge on any atom is 0.267 e. The van der Waals surface area contributed by atoms with Gasteiger partial charge in [0, 0.05) is 31.8 Å². The molecule has 1 aromatic carbocycles. The lowest BCUT2D eigenvalue weighted by molar-refractivity contribution is 0.475. The van der Waals surface area contributed by atoms with Crippen molar-refractivity contribution < 1.29 is 0 Å². The van der Waals surface area contributed by atoms with E-state index in [0.29, 0.717) is 23.4 Å². The molecule has 1 fully saturated rings. The molecule has 150 valence electrons. The zero-order valence-corrected chi connectivity index (χ0v) is 17.2. The minimum absolute atomic E-state index is 0.0431. The van der Waals surface area contributed by atoms with Crippen LogP contribution in [0.2, 0.25) is 0 Å². The van der Waals surface area contributed by atoms with Crippen LogP contribution in [-0.2, 0) is 25.8 Å². The Kier molecular flexibility index (Phi) is 4.66. The predicted octanol–water partition coefficient (Wildman–Crippen LogP) is 1.95. The molecule has 0 saturated carbocycles. The van der Waals surface area contributed by atoms with Gasteiger partial charge in [0.25, 0.3) is 11.1 Å². The molecule has 0 aliphatic carbocycles. The summed E-state index contributed by atoms with van der Waals surface area (Å²) < 4.78 is 3.23. The molecule has 0 amide bonds. The smallest absolute Gasteiger partial charge is 0.267 e. The molecule has 1 saturated heterocycles. The van der Waals surface area contributed by atoms with Gasteiger partial charge in [-0.15, -0.1) is 0 Å². The fourth-order valence-electron chi connectivity index (χ4n) is 4.33. The van der Waals surface area contributed by atoms with Crippen molar-refractivity contribution in [1.82, 2.24) is 19.3 Å². The van der Waals surface area contributed by atoms with E-state index in [0.717, 1.165) is 48.6 Å². The van der Waals surface area contributed by atoms with Gasteiger partial charge in [-0.25, -0.2) is 9.67 Å². The van der Waals surface area contributed by atoms with Crippen LogP contribution in [0.3, 0.4) is 0 Å². The third kappa shape index (κ3) is 3.25. The fourth-order valence-corrected chi connectivity index (χ4v) is 5.29. The number of aryl methyl sites for hydroxylation is 1. The first kappa shape index (κ1) is 18.4. The lowest BCUT2D eigenvalue weighted by Gasteiger charge is -2.28. The number of hydrogen-bond acceptors (Lipinski definition) is 6. The molecule has 0 N–H and O–H groups in total. The number of para-hydroxylation sites is 1. The SMILES string of the molecule is Cn1c(N2CCCC2Cn2nc3c(cc2=O)CSCC3)nc2ccccc2c1=O. The van der Waals surface area contributed by atoms with Crippen LogP contribution >= 0.6 is 11.8 Å². The number of aromatic nitrogens is 4. The number of nitrogens with zero attached hydrogens (tertiary/aromatic N) is 5. The van der Waals surface area contributed by atoms with E-state index in [-0.39, 0.29) is 17.2 Å². The molecule has 4 heterocycles. The number of rotatable bonds is 3. The van der Waals surface area contributed by atoms with E-state index in [4.69, 9.17) is 4.98 Å². The van der Waals surface area contributed by atoms with E-state index in [1.165, 1.54) is 0 Å². The Labute approximate surface area is 172 Å². The molecule has 2 aromatic heterocycles. The van der Waals surface area contributed by atoms with Gasteiger partial charge < -0.3 is 4.90 Å². The van der Waals surface area contributed by atoms with Crippen molar-refractivity contribution in [3.05, 3.63) is 62.3 Å². The second-order valence-electron chi connectivity index (χ2n) is 7.72. The quantitative estimate of drug-likeness (QED) is 0.658. The molecular formula is C21H23N5O2S. The van der Waals surface area contributed by atoms with Crippen molar-refractivity contribution in [1.29, 1.82) is 0 Å². The van der Waals surface area contributed by atoms with Crippen molar-refractivity contribution in [2.75, 3.05) is 17.2 Å². The summed E-state index contributed by atoms with van der Waals surface area (Å²) in [5.41, 5.74) is 2.74. The second kappa shape index (κ2) is 7.33. The average Bonchev–Trinajstić information content (AvgIpc) is 3.19. The number of fused-ring (bicyclic) bond motifs is 2. The number of thioether (sulfide) groups is 1. The van der Waals surface area contributed by atoms with E-state index in [2.05, 4.69) is 10.00 Å². The van der Waals surface area contributed by atoms with Crippen LogP contribution in [0, 0.1) is 0 Å². The highest BCUT2D eigenvalue weighted by Gasteiger charge is 2.29. The molecule has 0 spiro atoms. The van der Waals surface area contributed by atoms with E-state index in [9.17, 15) is 9.59 Å². The van der Waals surface area contributed by atoms with Gasteiger partial charge in [0.2, 0.25) is 5.95 Å². The first-order valence-electron chi connectivity index (χ1n) is 10.0. The lowest BCUT2D eigenvalue weighted by atomic mass is 10.2. The van der Waals surface area contributed by atoms with Gasteiger partial charge in [0.15, 0.2) is 0 Å². The summed E-state index contributed by atoms with van der Waals surface area (Å²) in [6.45, 7) is 1.33. The average molecular weight is 410 g/mol. The summed E-state index contributed by atoms with van der Waals surface area (Å²) in [6, 6.07) is 9.28. The third-order valence-corrected chi connectivity index (χ3v) is 6.89. The van der Waals surface area contributed by atoms with Crippen molar-refractivity contribution >= 4 is 28.6 Å². The van der Waals surface area contributed by atoms with Gasteiger partial charge in [-0.2, -0.15) is 16.9 Å². The molecule has 1 unspecified atom stereocenters. The maximum atomic E-state index is 12.8. The van der Waals surface area contributed by atoms with Gasteiger partial charge in [0.05, 0.1) is 29.2 Å². The second-order valence-corrected chi connectivity index (χ2v) is 8.83. The van der Waals surface area contributed by atoms with Crippen molar-refractivity contribution in [3.63, 3.8) is 0 Å². The van der Waals surface area contributed by atoms with Crippen LogP contribution in [-0.4, -0.2) is 37.7 Å². The first-order valence-corrected chi connectivity index (χ1v) is 11.2. The third-order valence-electron chi connectivity index (χ3n) is 5.88. The standard InChI is InChI=1S/C21H23N5O2S/c1-24-20(28)16-6-2-3-7-18(16)22-21(24)25-9-4-5-15(25)12-26-19(27)11-14-13-29-10-8-17(14)23-26/h2-3,6-7,11,15H,4-5,8-10,12-13H2,1H3. The van der Waals surface area contributed by atoms with Crippen molar-refractivity contribution in [2.45, 2.75) is 37.6 Å². The Morgan fingerprint density at radius 3 is 3.00 bits per heavy atom. The molecule has 5 rings (SSSR count). The summed E-state index contributed by atoms with van der Waals surface area (Å²) in [5.74, 6) is 2.59. The molecule has 7 nitrogen and oxygen atoms in total. The molecule has 1 atom stereocenters. The van der Waals surface area contributed by atoms with Crippen LogP contribution in [0.5, 0.6) is 0 Å². The lowest BCUT2D eigenvalue weighted by Crippen LogP contribution is -2.40. The first-order chi connectivity index (χ1) is 14.1. The minimum atomic E-state index is -0.0437. The summed E-state index contributed by atoms with van der Waals surface area (Å²) in [4.78, 5) is 32.4. The highest BCUT2D eigenvalue weighted by atomic mass is 32.2. The van der Waals surface area contributed by atoms with E-state index >= 15 is 0 Å². The maximum absolute atomic E-state index is 12.8. The summed E-state index contributed by atoms with van der Waals surface area (Å²) in [7, 11) is 1.77. The predicted molar refractivity (Wildman–Crippen MR) is 116 cm³/mol. The summed E-state index contributed by atoms with van der Waals surface area (Å²) in [5, 5.41) is 5.29. The zero-order chi connectivity index (χ0) is 20.0. The van der Waals surface area contributed by atoms with Crippen LogP contribution in [0.25, 0.3) is 10.9 Å². The Morgan fingerprint density at radius 1 is 1.24 bits per heavy atom. The molecule has 29 heavy (non-hydrogen) atoms. The van der Waals surface area contributed by atoms with Crippen LogP contribution in [0.1, 0.15) is 24.1 Å². The van der Waals surface area contributed by atoms with Crippen molar-refractivity contribution in [2.24, 2.45) is 7.05 Å². The Balaban J connectivity index is 1.50. The van der Waals surface area contributed by atoms with Gasteiger partial charge in [0.1, 0.15) is 0 Å². The Bertz CT molecular complexity index is 1200. The Hall–Kier alpha value is -2.61. The normalized spacial score (nSPS) is 18.9. The van der Waals surface area contributed by atoms with Gasteiger partial charge in [-0.1, -0.05) is 12.1 Å². The summed E-state index contributed by atoms with van der Waals surface area (Å²) >= 11 is 1.85. The molecule has 0 radical (unpaired) electrons. The molecule has 2 aliphatic rings. The topological polar surface area (TPSA) is 73.0 Å². The largest absolute Gasteiger partial charge is 0.337 e. The number of benzene rings is 1.